The van der Waals surface area contributed by atoms with E-state index in [1.165, 1.54) is 0 Å². The first-order chi connectivity index (χ1) is 10.4. The van der Waals surface area contributed by atoms with Crippen LogP contribution in [0.25, 0.3) is 0 Å². The van der Waals surface area contributed by atoms with E-state index in [4.69, 9.17) is 0 Å². The summed E-state index contributed by atoms with van der Waals surface area (Å²) in [5.74, 6) is -0.281. The van der Waals surface area contributed by atoms with E-state index < -0.39 is 20.9 Å². The number of Topliss-reactive ketones (excluding diaryl/α,β-unsaturated/α-hetero) is 1. The van der Waals surface area contributed by atoms with Gasteiger partial charge in [-0.05, 0) is 5.56 Å². The molecule has 0 heterocycles. The van der Waals surface area contributed by atoms with Crippen molar-refractivity contribution in [2.24, 2.45) is 0 Å². The van der Waals surface area contributed by atoms with Crippen LogP contribution in [-0.2, 0) is 10.0 Å². The van der Waals surface area contributed by atoms with Gasteiger partial charge >= 0.3 is 0 Å². The van der Waals surface area contributed by atoms with E-state index in [-0.39, 0.29) is 5.78 Å². The lowest BCUT2D eigenvalue weighted by molar-refractivity contribution is 0.0953. The highest BCUT2D eigenvalue weighted by Gasteiger charge is 2.30. The van der Waals surface area contributed by atoms with Crippen molar-refractivity contribution in [3.63, 3.8) is 0 Å². The van der Waals surface area contributed by atoms with E-state index in [1.54, 1.807) is 30.3 Å². The molecule has 0 bridgehead atoms. The van der Waals surface area contributed by atoms with Gasteiger partial charge < -0.3 is 0 Å². The number of halogens is 1. The number of carbonyl (C=O) groups is 1. The quantitative estimate of drug-likeness (QED) is 0.617. The van der Waals surface area contributed by atoms with Gasteiger partial charge in [0.2, 0.25) is 10.0 Å². The lowest BCUT2D eigenvalue weighted by Crippen LogP contribution is -2.43. The number of carbonyl (C=O) groups excluding carboxylic acids is 1. The zero-order valence-electron chi connectivity index (χ0n) is 11.9. The second-order valence-corrected chi connectivity index (χ2v) is 7.68. The molecule has 0 aliphatic carbocycles. The van der Waals surface area contributed by atoms with Crippen molar-refractivity contribution in [2.45, 2.75) is 10.9 Å². The predicted molar refractivity (Wildman–Crippen MR) is 90.7 cm³/mol. The lowest BCUT2D eigenvalue weighted by atomic mass is 9.98. The maximum atomic E-state index is 12.7. The summed E-state index contributed by atoms with van der Waals surface area (Å²) in [6.07, 6.45) is 1.04. The minimum atomic E-state index is -3.53. The third-order valence-electron chi connectivity index (χ3n) is 3.09. The first-order valence-corrected chi connectivity index (χ1v) is 9.45. The summed E-state index contributed by atoms with van der Waals surface area (Å²) in [4.78, 5) is 12.2. The summed E-state index contributed by atoms with van der Waals surface area (Å²) >= 11 is 3.46. The highest BCUT2D eigenvalue weighted by atomic mass is 79.9. The molecule has 0 spiro atoms. The molecule has 4 nitrogen and oxygen atoms in total. The second kappa shape index (κ2) is 7.17. The zero-order chi connectivity index (χ0) is 16.2. The number of ketones is 1. The van der Waals surface area contributed by atoms with Gasteiger partial charge in [-0.15, -0.1) is 0 Å². The molecule has 0 saturated heterocycles. The van der Waals surface area contributed by atoms with E-state index >= 15 is 0 Å². The number of hydrogen-bond donors (Lipinski definition) is 1. The summed E-state index contributed by atoms with van der Waals surface area (Å²) in [5, 5.41) is 0. The third-order valence-corrected chi connectivity index (χ3v) is 4.83. The molecule has 116 valence electrons. The maximum Gasteiger partial charge on any atom is 0.209 e. The highest BCUT2D eigenvalue weighted by molar-refractivity contribution is 9.09. The molecule has 2 aromatic rings. The van der Waals surface area contributed by atoms with Crippen molar-refractivity contribution in [1.29, 1.82) is 0 Å². The molecule has 2 atom stereocenters. The van der Waals surface area contributed by atoms with Crippen LogP contribution in [0.15, 0.2) is 60.7 Å². The Morgan fingerprint density at radius 2 is 1.50 bits per heavy atom. The Morgan fingerprint density at radius 3 is 2.00 bits per heavy atom. The van der Waals surface area contributed by atoms with Crippen molar-refractivity contribution in [1.82, 2.24) is 4.72 Å². The SMILES string of the molecule is CS(=O)(=O)N[C@H](C(=O)c1ccccc1)[C@@H](Br)c1ccccc1. The second-order valence-electron chi connectivity index (χ2n) is 4.91. The maximum absolute atomic E-state index is 12.7. The fourth-order valence-corrected chi connectivity index (χ4v) is 3.64. The lowest BCUT2D eigenvalue weighted by Gasteiger charge is -2.22. The largest absolute Gasteiger partial charge is 0.292 e. The number of hydrogen-bond acceptors (Lipinski definition) is 3. The minimum absolute atomic E-state index is 0.281. The van der Waals surface area contributed by atoms with Crippen LogP contribution in [0.3, 0.4) is 0 Å². The average Bonchev–Trinajstić information content (AvgIpc) is 2.52. The number of alkyl halides is 1. The van der Waals surface area contributed by atoms with Gasteiger partial charge in [0, 0.05) is 5.56 Å². The van der Waals surface area contributed by atoms with E-state index in [2.05, 4.69) is 20.7 Å². The molecule has 0 aromatic heterocycles. The van der Waals surface area contributed by atoms with Crippen LogP contribution in [0.5, 0.6) is 0 Å². The first-order valence-electron chi connectivity index (χ1n) is 6.64. The van der Waals surface area contributed by atoms with Gasteiger partial charge in [0.15, 0.2) is 5.78 Å². The average molecular weight is 382 g/mol. The topological polar surface area (TPSA) is 63.2 Å². The summed E-state index contributed by atoms with van der Waals surface area (Å²) < 4.78 is 25.7. The Hall–Kier alpha value is -1.50. The van der Waals surface area contributed by atoms with Crippen LogP contribution in [0, 0.1) is 0 Å². The predicted octanol–water partition coefficient (Wildman–Crippen LogP) is 2.92. The Morgan fingerprint density at radius 1 is 1.00 bits per heavy atom. The third kappa shape index (κ3) is 4.50. The van der Waals surface area contributed by atoms with Crippen molar-refractivity contribution >= 4 is 31.7 Å². The molecule has 0 unspecified atom stereocenters. The molecule has 22 heavy (non-hydrogen) atoms. The van der Waals surface area contributed by atoms with Crippen LogP contribution < -0.4 is 4.72 Å². The monoisotopic (exact) mass is 381 g/mol. The molecule has 0 fully saturated rings. The van der Waals surface area contributed by atoms with Gasteiger partial charge in [0.05, 0.1) is 11.1 Å². The molecular formula is C16H16BrNO3S. The molecule has 2 rings (SSSR count). The van der Waals surface area contributed by atoms with Crippen LogP contribution in [0.1, 0.15) is 20.7 Å². The normalized spacial score (nSPS) is 14.3. The van der Waals surface area contributed by atoms with Gasteiger partial charge in [0.1, 0.15) is 6.04 Å². The zero-order valence-corrected chi connectivity index (χ0v) is 14.3. The number of sulfonamides is 1. The Bertz CT molecular complexity index is 733. The summed E-state index contributed by atoms with van der Waals surface area (Å²) in [5.41, 5.74) is 1.29. The van der Waals surface area contributed by atoms with E-state index in [0.717, 1.165) is 11.8 Å². The van der Waals surface area contributed by atoms with Gasteiger partial charge in [-0.1, -0.05) is 76.6 Å². The van der Waals surface area contributed by atoms with Gasteiger partial charge in [-0.2, -0.15) is 0 Å². The number of nitrogens with one attached hydrogen (secondary N) is 1. The number of rotatable bonds is 6. The van der Waals surface area contributed by atoms with Crippen molar-refractivity contribution < 1.29 is 13.2 Å². The minimum Gasteiger partial charge on any atom is -0.292 e. The molecule has 0 aliphatic rings. The molecule has 0 aliphatic heterocycles. The van der Waals surface area contributed by atoms with Crippen molar-refractivity contribution in [3.8, 4) is 0 Å². The Labute approximate surface area is 138 Å². The summed E-state index contributed by atoms with van der Waals surface area (Å²) in [6.45, 7) is 0. The van der Waals surface area contributed by atoms with Crippen molar-refractivity contribution in [3.05, 3.63) is 71.8 Å². The van der Waals surface area contributed by atoms with Crippen molar-refractivity contribution in [2.75, 3.05) is 6.26 Å². The molecule has 6 heteroatoms. The van der Waals surface area contributed by atoms with E-state index in [1.807, 2.05) is 30.3 Å². The van der Waals surface area contributed by atoms with Crippen LogP contribution in [0.4, 0.5) is 0 Å². The van der Waals surface area contributed by atoms with Gasteiger partial charge in [-0.3, -0.25) is 4.79 Å². The highest BCUT2D eigenvalue weighted by Crippen LogP contribution is 2.28. The fourth-order valence-electron chi connectivity index (χ4n) is 2.09. The van der Waals surface area contributed by atoms with Gasteiger partial charge in [-0.25, -0.2) is 13.1 Å². The molecule has 0 saturated carbocycles. The molecule has 1 N–H and O–H groups in total. The van der Waals surface area contributed by atoms with Crippen LogP contribution >= 0.6 is 15.9 Å². The Balaban J connectivity index is 2.37. The molecular weight excluding hydrogens is 366 g/mol. The summed E-state index contributed by atoms with van der Waals surface area (Å²) in [6, 6.07) is 17.0. The first kappa shape index (κ1) is 16.9. The van der Waals surface area contributed by atoms with Crippen LogP contribution in [-0.4, -0.2) is 26.5 Å². The van der Waals surface area contributed by atoms with Gasteiger partial charge in [0.25, 0.3) is 0 Å². The fraction of sp³-hybridized carbons (Fsp3) is 0.188. The van der Waals surface area contributed by atoms with E-state index in [9.17, 15) is 13.2 Å². The molecule has 0 amide bonds. The standard InChI is InChI=1S/C16H16BrNO3S/c1-22(20,21)18-15(14(17)12-8-4-2-5-9-12)16(19)13-10-6-3-7-11-13/h2-11,14-15,18H,1H3/t14-,15-/m0/s1. The smallest absolute Gasteiger partial charge is 0.209 e. The molecule has 0 radical (unpaired) electrons. The number of benzene rings is 2. The Kier molecular flexibility index (Phi) is 5.50. The summed E-state index contributed by atoms with van der Waals surface area (Å²) in [7, 11) is -3.53. The molecule has 2 aromatic carbocycles. The van der Waals surface area contributed by atoms with Crippen LogP contribution in [0.2, 0.25) is 0 Å². The van der Waals surface area contributed by atoms with E-state index in [0.29, 0.717) is 5.56 Å².